The van der Waals surface area contributed by atoms with Crippen LogP contribution in [-0.2, 0) is 0 Å². The lowest BCUT2D eigenvalue weighted by Gasteiger charge is -1.97. The molecule has 1 heterocycles. The highest BCUT2D eigenvalue weighted by atomic mass is 32.1. The fourth-order valence-electron chi connectivity index (χ4n) is 1.17. The molecule has 0 aromatic carbocycles. The van der Waals surface area contributed by atoms with Gasteiger partial charge in [0.15, 0.2) is 0 Å². The van der Waals surface area contributed by atoms with Crippen LogP contribution in [0.4, 0.5) is 0 Å². The lowest BCUT2D eigenvalue weighted by Crippen LogP contribution is -1.93. The topological polar surface area (TPSA) is 12.4 Å². The summed E-state index contributed by atoms with van der Waals surface area (Å²) in [5, 5.41) is 4.25. The van der Waals surface area contributed by atoms with Crippen molar-refractivity contribution in [3.63, 3.8) is 0 Å². The average Bonchev–Trinajstić information content (AvgIpc) is 2.65. The minimum atomic E-state index is 0.982. The molecule has 1 rings (SSSR count). The van der Waals surface area contributed by atoms with Crippen molar-refractivity contribution in [3.05, 3.63) is 22.4 Å². The van der Waals surface area contributed by atoms with Crippen LogP contribution in [-0.4, -0.2) is 12.3 Å². The zero-order valence-electron chi connectivity index (χ0n) is 8.42. The molecule has 1 nitrogen and oxygen atoms in total. The molecule has 0 amide bonds. The molecule has 0 unspecified atom stereocenters. The van der Waals surface area contributed by atoms with Crippen LogP contribution < -0.4 is 0 Å². The van der Waals surface area contributed by atoms with Crippen LogP contribution in [0.5, 0.6) is 0 Å². The maximum atomic E-state index is 4.53. The summed E-state index contributed by atoms with van der Waals surface area (Å²) in [7, 11) is 0. The van der Waals surface area contributed by atoms with E-state index in [1.165, 1.54) is 30.5 Å². The fourth-order valence-corrected chi connectivity index (χ4v) is 1.87. The number of hydrogen-bond acceptors (Lipinski definition) is 2. The van der Waals surface area contributed by atoms with Crippen molar-refractivity contribution in [2.24, 2.45) is 4.99 Å². The standard InChI is InChI=1S/C11H17NS/c1-3-4-5-7-12-10(2)11-6-8-13-9-11/h6,8-9H,3-5,7H2,1-2H3. The lowest BCUT2D eigenvalue weighted by molar-refractivity contribution is 0.728. The second-order valence-corrected chi connectivity index (χ2v) is 3.97. The maximum Gasteiger partial charge on any atom is 0.0397 e. The molecule has 0 bridgehead atoms. The van der Waals surface area contributed by atoms with E-state index in [1.54, 1.807) is 11.3 Å². The Balaban J connectivity index is 2.35. The highest BCUT2D eigenvalue weighted by Gasteiger charge is 1.95. The fraction of sp³-hybridized carbons (Fsp3) is 0.545. The van der Waals surface area contributed by atoms with E-state index in [-0.39, 0.29) is 0 Å². The molecule has 0 aliphatic carbocycles. The van der Waals surface area contributed by atoms with Gasteiger partial charge in [0.05, 0.1) is 0 Å². The van der Waals surface area contributed by atoms with Gasteiger partial charge in [-0.2, -0.15) is 11.3 Å². The van der Waals surface area contributed by atoms with Crippen molar-refractivity contribution in [3.8, 4) is 0 Å². The second-order valence-electron chi connectivity index (χ2n) is 3.19. The Morgan fingerprint density at radius 3 is 2.92 bits per heavy atom. The minimum absolute atomic E-state index is 0.982. The summed E-state index contributed by atoms with van der Waals surface area (Å²) >= 11 is 1.73. The third-order valence-electron chi connectivity index (χ3n) is 2.05. The van der Waals surface area contributed by atoms with Crippen LogP contribution in [0.1, 0.15) is 38.7 Å². The highest BCUT2D eigenvalue weighted by Crippen LogP contribution is 2.07. The summed E-state index contributed by atoms with van der Waals surface area (Å²) in [4.78, 5) is 4.53. The molecule has 1 aromatic rings. The van der Waals surface area contributed by atoms with Crippen molar-refractivity contribution in [2.75, 3.05) is 6.54 Å². The number of thiophene rings is 1. The largest absolute Gasteiger partial charge is 0.289 e. The van der Waals surface area contributed by atoms with E-state index >= 15 is 0 Å². The molecule has 0 saturated carbocycles. The first-order valence-corrected chi connectivity index (χ1v) is 5.82. The van der Waals surface area contributed by atoms with E-state index in [0.717, 1.165) is 6.54 Å². The molecule has 0 N–H and O–H groups in total. The molecular formula is C11H17NS. The average molecular weight is 195 g/mol. The van der Waals surface area contributed by atoms with Gasteiger partial charge in [-0.25, -0.2) is 0 Å². The Bertz CT molecular complexity index is 249. The van der Waals surface area contributed by atoms with E-state index in [1.807, 2.05) is 0 Å². The zero-order chi connectivity index (χ0) is 9.52. The van der Waals surface area contributed by atoms with Crippen LogP contribution in [0, 0.1) is 0 Å². The minimum Gasteiger partial charge on any atom is -0.289 e. The predicted octanol–water partition coefficient (Wildman–Crippen LogP) is 3.75. The molecule has 0 spiro atoms. The van der Waals surface area contributed by atoms with Gasteiger partial charge >= 0.3 is 0 Å². The molecule has 0 aliphatic heterocycles. The van der Waals surface area contributed by atoms with Crippen molar-refractivity contribution in [1.82, 2.24) is 0 Å². The molecule has 0 atom stereocenters. The Kier molecular flexibility index (Phi) is 4.76. The van der Waals surface area contributed by atoms with E-state index in [9.17, 15) is 0 Å². The zero-order valence-corrected chi connectivity index (χ0v) is 9.23. The smallest absolute Gasteiger partial charge is 0.0397 e. The van der Waals surface area contributed by atoms with Gasteiger partial charge in [-0.05, 0) is 30.2 Å². The van der Waals surface area contributed by atoms with Crippen LogP contribution in [0.15, 0.2) is 21.8 Å². The summed E-state index contributed by atoms with van der Waals surface area (Å²) < 4.78 is 0. The molecule has 13 heavy (non-hydrogen) atoms. The van der Waals surface area contributed by atoms with Gasteiger partial charge in [-0.3, -0.25) is 4.99 Å². The highest BCUT2D eigenvalue weighted by molar-refractivity contribution is 7.08. The van der Waals surface area contributed by atoms with Gasteiger partial charge in [-0.15, -0.1) is 0 Å². The monoisotopic (exact) mass is 195 g/mol. The molecule has 72 valence electrons. The van der Waals surface area contributed by atoms with Gasteiger partial charge in [-0.1, -0.05) is 19.8 Å². The third-order valence-corrected chi connectivity index (χ3v) is 2.73. The van der Waals surface area contributed by atoms with Gasteiger partial charge < -0.3 is 0 Å². The van der Waals surface area contributed by atoms with Gasteiger partial charge in [0.1, 0.15) is 0 Å². The number of hydrogen-bond donors (Lipinski definition) is 0. The Morgan fingerprint density at radius 2 is 2.31 bits per heavy atom. The second kappa shape index (κ2) is 5.92. The van der Waals surface area contributed by atoms with Crippen LogP contribution >= 0.6 is 11.3 Å². The normalized spacial score (nSPS) is 12.0. The van der Waals surface area contributed by atoms with Crippen LogP contribution in [0.25, 0.3) is 0 Å². The third kappa shape index (κ3) is 3.73. The molecule has 0 radical (unpaired) electrons. The summed E-state index contributed by atoms with van der Waals surface area (Å²) in [5.74, 6) is 0. The van der Waals surface area contributed by atoms with Crippen molar-refractivity contribution in [2.45, 2.75) is 33.1 Å². The van der Waals surface area contributed by atoms with E-state index < -0.39 is 0 Å². The van der Waals surface area contributed by atoms with E-state index in [0.29, 0.717) is 0 Å². The first-order valence-electron chi connectivity index (χ1n) is 4.88. The Morgan fingerprint density at radius 1 is 1.46 bits per heavy atom. The molecule has 1 aromatic heterocycles. The van der Waals surface area contributed by atoms with Gasteiger partial charge in [0.25, 0.3) is 0 Å². The molecule has 0 aliphatic rings. The summed E-state index contributed by atoms with van der Waals surface area (Å²) in [5.41, 5.74) is 2.46. The first kappa shape index (κ1) is 10.5. The predicted molar refractivity (Wildman–Crippen MR) is 60.9 cm³/mol. The Labute approximate surface area is 84.5 Å². The number of unbranched alkanes of at least 4 members (excludes halogenated alkanes) is 2. The lowest BCUT2D eigenvalue weighted by atomic mass is 10.2. The van der Waals surface area contributed by atoms with Gasteiger partial charge in [0, 0.05) is 17.8 Å². The molecule has 0 fully saturated rings. The summed E-state index contributed by atoms with van der Waals surface area (Å²) in [6, 6.07) is 2.13. The first-order chi connectivity index (χ1) is 6.34. The van der Waals surface area contributed by atoms with Gasteiger partial charge in [0.2, 0.25) is 0 Å². The van der Waals surface area contributed by atoms with Crippen molar-refractivity contribution >= 4 is 17.0 Å². The van der Waals surface area contributed by atoms with E-state index in [4.69, 9.17) is 0 Å². The molecule has 2 heteroatoms. The molecule has 0 saturated heterocycles. The summed E-state index contributed by atoms with van der Waals surface area (Å²) in [6.45, 7) is 5.29. The number of aliphatic imine (C=N–C) groups is 1. The number of nitrogens with zero attached hydrogens (tertiary/aromatic N) is 1. The maximum absolute atomic E-state index is 4.53. The summed E-state index contributed by atoms with van der Waals surface area (Å²) in [6.07, 6.45) is 3.78. The van der Waals surface area contributed by atoms with E-state index in [2.05, 4.69) is 35.7 Å². The quantitative estimate of drug-likeness (QED) is 0.501. The van der Waals surface area contributed by atoms with Crippen molar-refractivity contribution < 1.29 is 0 Å². The van der Waals surface area contributed by atoms with Crippen molar-refractivity contribution in [1.29, 1.82) is 0 Å². The Hall–Kier alpha value is -0.630. The van der Waals surface area contributed by atoms with Crippen LogP contribution in [0.3, 0.4) is 0 Å². The van der Waals surface area contributed by atoms with Crippen LogP contribution in [0.2, 0.25) is 0 Å². The number of rotatable bonds is 5. The SMILES string of the molecule is CCCCCN=C(C)c1ccsc1. The molecular weight excluding hydrogens is 178 g/mol.